The first kappa shape index (κ1) is 13.1. The normalized spacial score (nSPS) is 10.8. The van der Waals surface area contributed by atoms with Crippen LogP contribution in [-0.4, -0.2) is 31.6 Å². The monoisotopic (exact) mass is 283 g/mol. The second-order valence-electron chi connectivity index (χ2n) is 3.65. The fraction of sp³-hybridized carbons (Fsp3) is 0.364. The summed E-state index contributed by atoms with van der Waals surface area (Å²) < 4.78 is 1.63. The first-order valence-corrected chi connectivity index (χ1v) is 7.30. The molecule has 0 radical (unpaired) electrons. The zero-order chi connectivity index (χ0) is 13.1. The van der Waals surface area contributed by atoms with Gasteiger partial charge in [0.05, 0.1) is 10.6 Å². The van der Waals surface area contributed by atoms with Crippen molar-refractivity contribution in [2.75, 3.05) is 5.75 Å². The molecule has 0 saturated carbocycles. The highest BCUT2D eigenvalue weighted by Gasteiger charge is 2.14. The summed E-state index contributed by atoms with van der Waals surface area (Å²) in [5, 5.41) is 15.7. The number of nitrogens with zero attached hydrogens (tertiary/aromatic N) is 3. The maximum atomic E-state index is 10.5. The average molecular weight is 283 g/mol. The third-order valence-corrected chi connectivity index (χ3v) is 4.34. The fourth-order valence-electron chi connectivity index (χ4n) is 1.53. The van der Waals surface area contributed by atoms with E-state index in [4.69, 9.17) is 5.11 Å². The molecule has 0 aliphatic carbocycles. The topological polar surface area (TPSA) is 68.0 Å². The lowest BCUT2D eigenvalue weighted by atomic mass is 10.2. The number of aromatic nitrogens is 3. The summed E-state index contributed by atoms with van der Waals surface area (Å²) in [5.74, 6) is -0.177. The summed E-state index contributed by atoms with van der Waals surface area (Å²) in [6, 6.07) is 2.07. The van der Waals surface area contributed by atoms with Crippen molar-refractivity contribution in [2.45, 2.75) is 18.5 Å². The van der Waals surface area contributed by atoms with E-state index in [9.17, 15) is 4.79 Å². The van der Waals surface area contributed by atoms with Crippen LogP contribution in [0.1, 0.15) is 12.5 Å². The first-order chi connectivity index (χ1) is 8.61. The first-order valence-electron chi connectivity index (χ1n) is 5.44. The highest BCUT2D eigenvalue weighted by molar-refractivity contribution is 7.99. The number of aryl methyl sites for hydroxylation is 2. The van der Waals surface area contributed by atoms with Gasteiger partial charge >= 0.3 is 5.97 Å². The van der Waals surface area contributed by atoms with E-state index in [1.165, 1.54) is 17.3 Å². The summed E-state index contributed by atoms with van der Waals surface area (Å²) in [6.07, 6.45) is 0.939. The molecule has 2 aromatic heterocycles. The van der Waals surface area contributed by atoms with Gasteiger partial charge < -0.3 is 5.11 Å². The molecule has 18 heavy (non-hydrogen) atoms. The maximum absolute atomic E-state index is 10.5. The molecule has 2 aromatic rings. The molecule has 1 N–H and O–H groups in total. The average Bonchev–Trinajstić information content (AvgIpc) is 2.92. The molecule has 0 spiro atoms. The summed E-state index contributed by atoms with van der Waals surface area (Å²) in [6.45, 7) is 2.09. The van der Waals surface area contributed by atoms with Crippen molar-refractivity contribution in [2.24, 2.45) is 7.05 Å². The van der Waals surface area contributed by atoms with Gasteiger partial charge in [0.15, 0.2) is 11.0 Å². The van der Waals surface area contributed by atoms with Crippen LogP contribution in [-0.2, 0) is 18.3 Å². The van der Waals surface area contributed by atoms with Gasteiger partial charge in [-0.15, -0.1) is 16.4 Å². The highest BCUT2D eigenvalue weighted by Crippen LogP contribution is 2.29. The third-order valence-electron chi connectivity index (χ3n) is 2.38. The Morgan fingerprint density at radius 3 is 3.06 bits per heavy atom. The predicted molar refractivity (Wildman–Crippen MR) is 72.1 cm³/mol. The van der Waals surface area contributed by atoms with E-state index in [0.717, 1.165) is 11.3 Å². The number of carboxylic acid groups (broad SMARTS) is 1. The van der Waals surface area contributed by atoms with Crippen molar-refractivity contribution >= 4 is 29.1 Å². The van der Waals surface area contributed by atoms with E-state index in [2.05, 4.69) is 23.1 Å². The van der Waals surface area contributed by atoms with Gasteiger partial charge in [0.25, 0.3) is 0 Å². The molecule has 0 amide bonds. The van der Waals surface area contributed by atoms with Crippen LogP contribution in [0.4, 0.5) is 0 Å². The van der Waals surface area contributed by atoms with Crippen LogP contribution in [0.2, 0.25) is 0 Å². The van der Waals surface area contributed by atoms with Crippen LogP contribution in [0.5, 0.6) is 0 Å². The molecule has 0 saturated heterocycles. The smallest absolute Gasteiger partial charge is 0.313 e. The maximum Gasteiger partial charge on any atom is 0.313 e. The Balaban J connectivity index is 2.25. The van der Waals surface area contributed by atoms with E-state index in [-0.39, 0.29) is 5.75 Å². The molecule has 96 valence electrons. The minimum atomic E-state index is -0.852. The summed E-state index contributed by atoms with van der Waals surface area (Å²) in [7, 11) is 1.78. The van der Waals surface area contributed by atoms with Gasteiger partial charge in [0.1, 0.15) is 0 Å². The van der Waals surface area contributed by atoms with Gasteiger partial charge in [-0.2, -0.15) is 0 Å². The van der Waals surface area contributed by atoms with Crippen LogP contribution in [0.15, 0.2) is 16.6 Å². The number of thioether (sulfide) groups is 1. The van der Waals surface area contributed by atoms with Crippen molar-refractivity contribution in [3.05, 3.63) is 17.0 Å². The lowest BCUT2D eigenvalue weighted by Crippen LogP contribution is -2.00. The zero-order valence-electron chi connectivity index (χ0n) is 10.1. The van der Waals surface area contributed by atoms with Gasteiger partial charge in [0.2, 0.25) is 0 Å². The minimum absolute atomic E-state index is 0.00293. The van der Waals surface area contributed by atoms with Crippen molar-refractivity contribution in [1.29, 1.82) is 0 Å². The molecule has 2 rings (SSSR count). The standard InChI is InChI=1S/C11H13N3O2S2/c1-3-7-4-5-17-9(7)10-12-11(14(2)13-10)18-6-8(15)16/h4-5H,3,6H2,1-2H3,(H,15,16). The Bertz CT molecular complexity index is 562. The Hall–Kier alpha value is -1.34. The largest absolute Gasteiger partial charge is 0.481 e. The Labute approximate surface area is 113 Å². The van der Waals surface area contributed by atoms with Gasteiger partial charge in [-0.25, -0.2) is 9.67 Å². The van der Waals surface area contributed by atoms with E-state index >= 15 is 0 Å². The van der Waals surface area contributed by atoms with Crippen LogP contribution in [0, 0.1) is 0 Å². The molecular formula is C11H13N3O2S2. The molecule has 7 heteroatoms. The zero-order valence-corrected chi connectivity index (χ0v) is 11.7. The van der Waals surface area contributed by atoms with E-state index in [1.807, 2.05) is 5.38 Å². The Kier molecular flexibility index (Phi) is 4.03. The van der Waals surface area contributed by atoms with Gasteiger partial charge in [0, 0.05) is 7.05 Å². The van der Waals surface area contributed by atoms with E-state index in [1.54, 1.807) is 23.1 Å². The highest BCUT2D eigenvalue weighted by atomic mass is 32.2. The van der Waals surface area contributed by atoms with Crippen LogP contribution >= 0.6 is 23.1 Å². The molecule has 5 nitrogen and oxygen atoms in total. The quantitative estimate of drug-likeness (QED) is 0.853. The molecule has 0 aromatic carbocycles. The molecule has 2 heterocycles. The fourth-order valence-corrected chi connectivity index (χ4v) is 3.08. The van der Waals surface area contributed by atoms with E-state index < -0.39 is 5.97 Å². The van der Waals surface area contributed by atoms with Crippen LogP contribution in [0.3, 0.4) is 0 Å². The van der Waals surface area contributed by atoms with Crippen LogP contribution < -0.4 is 0 Å². The molecule has 0 unspecified atom stereocenters. The van der Waals surface area contributed by atoms with E-state index in [0.29, 0.717) is 11.0 Å². The number of hydrogen-bond donors (Lipinski definition) is 1. The summed E-state index contributed by atoms with van der Waals surface area (Å²) >= 11 is 2.79. The minimum Gasteiger partial charge on any atom is -0.481 e. The second-order valence-corrected chi connectivity index (χ2v) is 5.51. The number of carbonyl (C=O) groups is 1. The van der Waals surface area contributed by atoms with Gasteiger partial charge in [-0.05, 0) is 23.4 Å². The Morgan fingerprint density at radius 1 is 1.61 bits per heavy atom. The molecule has 0 aliphatic rings. The number of carboxylic acids is 1. The van der Waals surface area contributed by atoms with Crippen molar-refractivity contribution in [3.63, 3.8) is 0 Å². The molecule has 0 fully saturated rings. The number of thiophene rings is 1. The lowest BCUT2D eigenvalue weighted by Gasteiger charge is -1.94. The molecular weight excluding hydrogens is 270 g/mol. The third kappa shape index (κ3) is 2.73. The predicted octanol–water partition coefficient (Wildman–Crippen LogP) is 2.28. The molecule has 0 atom stereocenters. The van der Waals surface area contributed by atoms with Gasteiger partial charge in [-0.1, -0.05) is 18.7 Å². The van der Waals surface area contributed by atoms with Crippen molar-refractivity contribution < 1.29 is 9.90 Å². The van der Waals surface area contributed by atoms with Gasteiger partial charge in [-0.3, -0.25) is 4.79 Å². The SMILES string of the molecule is CCc1ccsc1-c1nc(SCC(=O)O)n(C)n1. The Morgan fingerprint density at radius 2 is 2.39 bits per heavy atom. The summed E-state index contributed by atoms with van der Waals surface area (Å²) in [4.78, 5) is 16.0. The molecule has 0 aliphatic heterocycles. The van der Waals surface area contributed by atoms with Crippen LogP contribution in [0.25, 0.3) is 10.7 Å². The number of rotatable bonds is 5. The number of hydrogen-bond acceptors (Lipinski definition) is 5. The molecule has 0 bridgehead atoms. The lowest BCUT2D eigenvalue weighted by molar-refractivity contribution is -0.133. The second kappa shape index (κ2) is 5.53. The van der Waals surface area contributed by atoms with Crippen molar-refractivity contribution in [1.82, 2.24) is 14.8 Å². The summed E-state index contributed by atoms with van der Waals surface area (Å²) in [5.41, 5.74) is 1.22. The van der Waals surface area contributed by atoms with Crippen molar-refractivity contribution in [3.8, 4) is 10.7 Å². The number of aliphatic carboxylic acids is 1.